The minimum atomic E-state index is -0.323. The Bertz CT molecular complexity index is 883. The van der Waals surface area contributed by atoms with Gasteiger partial charge in [-0.25, -0.2) is 0 Å². The molecule has 5 heteroatoms. The molecule has 0 radical (unpaired) electrons. The quantitative estimate of drug-likeness (QED) is 0.576. The van der Waals surface area contributed by atoms with E-state index in [9.17, 15) is 5.11 Å². The number of aliphatic hydroxyl groups excluding tert-OH is 1. The van der Waals surface area contributed by atoms with Crippen molar-refractivity contribution in [3.05, 3.63) is 46.9 Å². The number of aliphatic hydroxyl groups is 1. The third kappa shape index (κ3) is 3.47. The van der Waals surface area contributed by atoms with Crippen LogP contribution in [0.3, 0.4) is 0 Å². The van der Waals surface area contributed by atoms with Gasteiger partial charge in [0.05, 0.1) is 13.6 Å². The zero-order chi connectivity index (χ0) is 17.4. The molecule has 2 aromatic carbocycles. The molecule has 25 heavy (non-hydrogen) atoms. The highest BCUT2D eigenvalue weighted by atomic mass is 79.9. The van der Waals surface area contributed by atoms with Crippen LogP contribution in [0.25, 0.3) is 21.8 Å². The van der Waals surface area contributed by atoms with Gasteiger partial charge in [0, 0.05) is 26.3 Å². The number of hydrogen-bond acceptors (Lipinski definition) is 1. The van der Waals surface area contributed by atoms with Gasteiger partial charge in [0.1, 0.15) is 38.8 Å². The van der Waals surface area contributed by atoms with E-state index in [0.717, 1.165) is 24.1 Å². The Kier molecular flexibility index (Phi) is 4.82. The second kappa shape index (κ2) is 7.08. The predicted octanol–water partition coefficient (Wildman–Crippen LogP) is 0.331. The summed E-state index contributed by atoms with van der Waals surface area (Å²) in [5, 5.41) is 13.2. The lowest BCUT2D eigenvalue weighted by molar-refractivity contribution is -1.00. The van der Waals surface area contributed by atoms with Crippen molar-refractivity contribution >= 4 is 37.7 Å². The summed E-state index contributed by atoms with van der Waals surface area (Å²) in [4.78, 5) is 3.13. The minimum absolute atomic E-state index is 0.323. The molecule has 2 heterocycles. The summed E-state index contributed by atoms with van der Waals surface area (Å²) in [5.74, 6) is 0. The van der Waals surface area contributed by atoms with Gasteiger partial charge < -0.3 is 19.5 Å². The second-order valence-electron chi connectivity index (χ2n) is 7.35. The lowest BCUT2D eigenvalue weighted by Gasteiger charge is -2.28. The first-order valence-electron chi connectivity index (χ1n) is 9.11. The van der Waals surface area contributed by atoms with Crippen molar-refractivity contribution in [2.75, 3.05) is 39.8 Å². The number of aromatic nitrogens is 1. The van der Waals surface area contributed by atoms with E-state index in [0.29, 0.717) is 6.54 Å². The van der Waals surface area contributed by atoms with Crippen LogP contribution in [0.1, 0.15) is 0 Å². The Hall–Kier alpha value is -1.40. The summed E-state index contributed by atoms with van der Waals surface area (Å²) in [6, 6.07) is 14.9. The fourth-order valence-corrected chi connectivity index (χ4v) is 4.43. The average Bonchev–Trinajstić information content (AvgIpc) is 2.91. The van der Waals surface area contributed by atoms with Crippen LogP contribution in [0.5, 0.6) is 0 Å². The Morgan fingerprint density at radius 2 is 1.76 bits per heavy atom. The summed E-state index contributed by atoms with van der Waals surface area (Å²) in [6.45, 7) is 6.19. The number of fused-ring (bicyclic) bond motifs is 3. The van der Waals surface area contributed by atoms with Crippen LogP contribution in [-0.2, 0) is 6.54 Å². The fraction of sp³-hybridized carbons (Fsp3) is 0.400. The van der Waals surface area contributed by atoms with Gasteiger partial charge in [0.15, 0.2) is 0 Å². The number of piperazine rings is 1. The van der Waals surface area contributed by atoms with Crippen LogP contribution in [0.15, 0.2) is 46.9 Å². The van der Waals surface area contributed by atoms with Gasteiger partial charge in [-0.3, -0.25) is 0 Å². The Balaban J connectivity index is 1.61. The highest BCUT2D eigenvalue weighted by Crippen LogP contribution is 2.31. The Morgan fingerprint density at radius 3 is 2.56 bits per heavy atom. The van der Waals surface area contributed by atoms with Crippen LogP contribution in [0, 0.1) is 0 Å². The monoisotopic (exact) mass is 403 g/mol. The van der Waals surface area contributed by atoms with E-state index in [-0.39, 0.29) is 6.10 Å². The van der Waals surface area contributed by atoms with Crippen molar-refractivity contribution in [1.29, 1.82) is 0 Å². The summed E-state index contributed by atoms with van der Waals surface area (Å²) < 4.78 is 3.37. The second-order valence-corrected chi connectivity index (χ2v) is 8.27. The van der Waals surface area contributed by atoms with E-state index < -0.39 is 0 Å². The molecular formula is C20H26BrN3O+2. The molecule has 0 bridgehead atoms. The first-order valence-corrected chi connectivity index (χ1v) is 9.90. The van der Waals surface area contributed by atoms with E-state index in [2.05, 4.69) is 70.0 Å². The van der Waals surface area contributed by atoms with E-state index in [1.165, 1.54) is 39.8 Å². The number of hydrogen-bond donors (Lipinski definition) is 3. The maximum Gasteiger partial charge on any atom is 0.127 e. The first kappa shape index (κ1) is 17.0. The normalized spacial score (nSPS) is 22.5. The molecule has 1 saturated heterocycles. The molecule has 0 unspecified atom stereocenters. The van der Waals surface area contributed by atoms with Gasteiger partial charge in [-0.1, -0.05) is 34.1 Å². The zero-order valence-electron chi connectivity index (χ0n) is 14.6. The van der Waals surface area contributed by atoms with E-state index in [1.54, 1.807) is 4.90 Å². The third-order valence-electron chi connectivity index (χ3n) is 5.46. The van der Waals surface area contributed by atoms with E-state index in [4.69, 9.17) is 0 Å². The molecule has 3 aromatic rings. The molecule has 3 N–H and O–H groups in total. The van der Waals surface area contributed by atoms with Crippen molar-refractivity contribution < 1.29 is 14.9 Å². The number of nitrogens with one attached hydrogen (secondary N) is 2. The predicted molar refractivity (Wildman–Crippen MR) is 105 cm³/mol. The van der Waals surface area contributed by atoms with Crippen molar-refractivity contribution in [2.24, 2.45) is 0 Å². The molecule has 4 nitrogen and oxygen atoms in total. The smallest absolute Gasteiger partial charge is 0.127 e. The molecule has 0 aliphatic carbocycles. The molecule has 132 valence electrons. The summed E-state index contributed by atoms with van der Waals surface area (Å²) >= 11 is 3.58. The molecule has 1 fully saturated rings. The average molecular weight is 404 g/mol. The van der Waals surface area contributed by atoms with Crippen molar-refractivity contribution in [3.8, 4) is 0 Å². The number of rotatable bonds is 4. The Labute approximate surface area is 156 Å². The highest BCUT2D eigenvalue weighted by molar-refractivity contribution is 9.10. The molecule has 1 atom stereocenters. The molecule has 0 saturated carbocycles. The molecule has 0 amide bonds. The van der Waals surface area contributed by atoms with Crippen LogP contribution in [-0.4, -0.2) is 55.5 Å². The molecular weight excluding hydrogens is 378 g/mol. The summed E-state index contributed by atoms with van der Waals surface area (Å²) in [5.41, 5.74) is 2.40. The summed E-state index contributed by atoms with van der Waals surface area (Å²) in [6.07, 6.45) is -0.323. The summed E-state index contributed by atoms with van der Waals surface area (Å²) in [7, 11) is 2.25. The fourth-order valence-electron chi connectivity index (χ4n) is 4.07. The zero-order valence-corrected chi connectivity index (χ0v) is 16.2. The van der Waals surface area contributed by atoms with Crippen molar-refractivity contribution in [2.45, 2.75) is 12.6 Å². The molecule has 4 rings (SSSR count). The lowest BCUT2D eigenvalue weighted by Crippen LogP contribution is -3.27. The Morgan fingerprint density at radius 1 is 1.04 bits per heavy atom. The van der Waals surface area contributed by atoms with Gasteiger partial charge in [0.25, 0.3) is 0 Å². The van der Waals surface area contributed by atoms with Gasteiger partial charge in [-0.15, -0.1) is 0 Å². The molecule has 1 aliphatic heterocycles. The topological polar surface area (TPSA) is 34.0 Å². The number of para-hydroxylation sites is 1. The number of benzene rings is 2. The van der Waals surface area contributed by atoms with Crippen LogP contribution >= 0.6 is 15.9 Å². The van der Waals surface area contributed by atoms with Gasteiger partial charge >= 0.3 is 0 Å². The van der Waals surface area contributed by atoms with Crippen LogP contribution in [0.4, 0.5) is 0 Å². The number of quaternary nitrogens is 2. The maximum absolute atomic E-state index is 10.8. The highest BCUT2D eigenvalue weighted by Gasteiger charge is 2.23. The maximum atomic E-state index is 10.8. The van der Waals surface area contributed by atoms with Crippen molar-refractivity contribution in [1.82, 2.24) is 4.57 Å². The minimum Gasteiger partial charge on any atom is -0.385 e. The van der Waals surface area contributed by atoms with Gasteiger partial charge in [0.2, 0.25) is 0 Å². The van der Waals surface area contributed by atoms with Crippen LogP contribution in [0.2, 0.25) is 0 Å². The number of nitrogens with zero attached hydrogens (tertiary/aromatic N) is 1. The van der Waals surface area contributed by atoms with Gasteiger partial charge in [-0.05, 0) is 24.3 Å². The number of halogens is 1. The standard InChI is InChI=1S/C20H24BrN3O/c1-22-8-10-23(11-9-22)13-16(25)14-24-19-5-3-2-4-17(19)18-12-15(21)6-7-20(18)24/h2-7,12,16,25H,8-11,13-14H2,1H3/p+2/t16-/m1/s1. The number of likely N-dealkylation sites (N-methyl/N-ethyl adjacent to an activating group) is 1. The third-order valence-corrected chi connectivity index (χ3v) is 5.96. The lowest BCUT2D eigenvalue weighted by atomic mass is 10.2. The molecule has 1 aliphatic rings. The van der Waals surface area contributed by atoms with Gasteiger partial charge in [-0.2, -0.15) is 0 Å². The van der Waals surface area contributed by atoms with Crippen molar-refractivity contribution in [3.63, 3.8) is 0 Å². The first-order chi connectivity index (χ1) is 12.1. The SMILES string of the molecule is C[NH+]1CC[NH+](C[C@@H](O)Cn2c3ccccc3c3cc(Br)ccc32)CC1. The van der Waals surface area contributed by atoms with Crippen LogP contribution < -0.4 is 9.80 Å². The van der Waals surface area contributed by atoms with E-state index in [1.807, 2.05) is 0 Å². The molecule has 0 spiro atoms. The largest absolute Gasteiger partial charge is 0.385 e. The molecule has 1 aromatic heterocycles. The van der Waals surface area contributed by atoms with E-state index >= 15 is 0 Å².